The first kappa shape index (κ1) is 13.3. The molecule has 18 heavy (non-hydrogen) atoms. The van der Waals surface area contributed by atoms with E-state index in [-0.39, 0.29) is 11.9 Å². The van der Waals surface area contributed by atoms with E-state index < -0.39 is 0 Å². The predicted molar refractivity (Wildman–Crippen MR) is 75.8 cm³/mol. The van der Waals surface area contributed by atoms with Crippen LogP contribution in [0.15, 0.2) is 28.3 Å². The van der Waals surface area contributed by atoms with Crippen LogP contribution in [0.4, 0.5) is 0 Å². The molecule has 0 unspecified atom stereocenters. The molecule has 0 aliphatic heterocycles. The Bertz CT molecular complexity index is 534. The number of hydrogen-bond donors (Lipinski definition) is 1. The summed E-state index contributed by atoms with van der Waals surface area (Å²) in [6.07, 6.45) is 3.66. The van der Waals surface area contributed by atoms with Crippen LogP contribution in [-0.4, -0.2) is 15.5 Å². The smallest absolute Gasteiger partial charge is 0.268 e. The molecule has 6 heteroatoms. The van der Waals surface area contributed by atoms with Crippen LogP contribution in [0, 0.1) is 0 Å². The van der Waals surface area contributed by atoms with Crippen molar-refractivity contribution in [3.8, 4) is 0 Å². The highest BCUT2D eigenvalue weighted by atomic mass is 79.9. The van der Waals surface area contributed by atoms with E-state index in [1.807, 2.05) is 36.1 Å². The van der Waals surface area contributed by atoms with E-state index in [1.165, 1.54) is 11.3 Å². The van der Waals surface area contributed by atoms with Gasteiger partial charge in [-0.05, 0) is 35.8 Å². The Hall–Kier alpha value is -1.14. The van der Waals surface area contributed by atoms with Crippen LogP contribution in [0.5, 0.6) is 0 Å². The summed E-state index contributed by atoms with van der Waals surface area (Å²) in [4.78, 5) is 16.2. The summed E-state index contributed by atoms with van der Waals surface area (Å²) in [5.74, 6) is -0.0791. The molecule has 1 amide bonds. The topological polar surface area (TPSA) is 46.9 Å². The first-order chi connectivity index (χ1) is 8.58. The fourth-order valence-electron chi connectivity index (χ4n) is 1.64. The molecule has 2 aromatic rings. The molecule has 0 saturated heterocycles. The molecule has 0 aromatic carbocycles. The summed E-state index contributed by atoms with van der Waals surface area (Å²) in [6.45, 7) is 4.56. The molecular formula is C12H14BrN3OS. The fourth-order valence-corrected chi connectivity index (χ4v) is 2.64. The van der Waals surface area contributed by atoms with Crippen molar-refractivity contribution in [2.24, 2.45) is 0 Å². The molecule has 0 atom stereocenters. The third-order valence-corrected chi connectivity index (χ3v) is 3.70. The first-order valence-electron chi connectivity index (χ1n) is 5.62. The zero-order chi connectivity index (χ0) is 13.1. The number of nitrogens with zero attached hydrogens (tertiary/aromatic N) is 2. The number of aromatic nitrogens is 2. The summed E-state index contributed by atoms with van der Waals surface area (Å²) in [7, 11) is 0. The van der Waals surface area contributed by atoms with E-state index in [0.29, 0.717) is 12.2 Å². The standard InChI is InChI=1S/C12H14BrN3OS/c1-8(2)16-7-9(13)5-10(16)12(17)15-6-11-14-3-4-18-11/h3-5,7-8H,6H2,1-2H3,(H,15,17). The molecule has 0 aliphatic carbocycles. The summed E-state index contributed by atoms with van der Waals surface area (Å²) < 4.78 is 2.86. The lowest BCUT2D eigenvalue weighted by molar-refractivity contribution is 0.0940. The lowest BCUT2D eigenvalue weighted by atomic mass is 10.3. The minimum absolute atomic E-state index is 0.0791. The number of nitrogens with one attached hydrogen (secondary N) is 1. The number of thiazole rings is 1. The average Bonchev–Trinajstić information content (AvgIpc) is 2.94. The van der Waals surface area contributed by atoms with E-state index in [2.05, 4.69) is 26.2 Å². The van der Waals surface area contributed by atoms with E-state index in [1.54, 1.807) is 6.20 Å². The van der Waals surface area contributed by atoms with Gasteiger partial charge in [-0.3, -0.25) is 4.79 Å². The van der Waals surface area contributed by atoms with Crippen molar-refractivity contribution in [2.45, 2.75) is 26.4 Å². The van der Waals surface area contributed by atoms with Gasteiger partial charge in [-0.2, -0.15) is 0 Å². The highest BCUT2D eigenvalue weighted by molar-refractivity contribution is 9.10. The molecule has 2 rings (SSSR count). The fraction of sp³-hybridized carbons (Fsp3) is 0.333. The Balaban J connectivity index is 2.09. The number of halogens is 1. The maximum absolute atomic E-state index is 12.1. The normalized spacial score (nSPS) is 10.9. The number of hydrogen-bond acceptors (Lipinski definition) is 3. The van der Waals surface area contributed by atoms with Crippen molar-refractivity contribution in [3.63, 3.8) is 0 Å². The summed E-state index contributed by atoms with van der Waals surface area (Å²) in [5.41, 5.74) is 0.661. The molecule has 4 nitrogen and oxygen atoms in total. The number of amides is 1. The van der Waals surface area contributed by atoms with Gasteiger partial charge in [0.05, 0.1) is 6.54 Å². The van der Waals surface area contributed by atoms with E-state index >= 15 is 0 Å². The van der Waals surface area contributed by atoms with E-state index in [0.717, 1.165) is 9.48 Å². The zero-order valence-corrected chi connectivity index (χ0v) is 12.6. The molecule has 2 aromatic heterocycles. The molecule has 0 aliphatic rings. The average molecular weight is 328 g/mol. The Morgan fingerprint density at radius 3 is 3.00 bits per heavy atom. The van der Waals surface area contributed by atoms with Crippen LogP contribution in [0.1, 0.15) is 35.4 Å². The second-order valence-electron chi connectivity index (χ2n) is 4.15. The quantitative estimate of drug-likeness (QED) is 0.937. The van der Waals surface area contributed by atoms with Crippen LogP contribution in [0.3, 0.4) is 0 Å². The highest BCUT2D eigenvalue weighted by Crippen LogP contribution is 2.19. The Morgan fingerprint density at radius 2 is 2.39 bits per heavy atom. The molecular weight excluding hydrogens is 314 g/mol. The van der Waals surface area contributed by atoms with Gasteiger partial charge in [0.15, 0.2) is 0 Å². The molecule has 0 saturated carbocycles. The van der Waals surface area contributed by atoms with Gasteiger partial charge in [0, 0.05) is 28.3 Å². The predicted octanol–water partition coefficient (Wildman–Crippen LogP) is 3.22. The monoisotopic (exact) mass is 327 g/mol. The van der Waals surface area contributed by atoms with Gasteiger partial charge >= 0.3 is 0 Å². The first-order valence-corrected chi connectivity index (χ1v) is 7.29. The van der Waals surface area contributed by atoms with Crippen molar-refractivity contribution >= 4 is 33.2 Å². The minimum atomic E-state index is -0.0791. The van der Waals surface area contributed by atoms with Gasteiger partial charge in [-0.1, -0.05) is 0 Å². The van der Waals surface area contributed by atoms with E-state index in [9.17, 15) is 4.79 Å². The molecule has 0 fully saturated rings. The maximum Gasteiger partial charge on any atom is 0.268 e. The lowest BCUT2D eigenvalue weighted by Crippen LogP contribution is -2.25. The lowest BCUT2D eigenvalue weighted by Gasteiger charge is -2.12. The summed E-state index contributed by atoms with van der Waals surface area (Å²) >= 11 is 4.93. The largest absolute Gasteiger partial charge is 0.344 e. The number of carbonyl (C=O) groups is 1. The maximum atomic E-state index is 12.1. The highest BCUT2D eigenvalue weighted by Gasteiger charge is 2.14. The van der Waals surface area contributed by atoms with Crippen molar-refractivity contribution < 1.29 is 4.79 Å². The van der Waals surface area contributed by atoms with Crippen LogP contribution in [0.2, 0.25) is 0 Å². The van der Waals surface area contributed by atoms with Crippen LogP contribution >= 0.6 is 27.3 Å². The summed E-state index contributed by atoms with van der Waals surface area (Å²) in [5, 5.41) is 5.68. The Kier molecular flexibility index (Phi) is 4.19. The molecule has 0 spiro atoms. The minimum Gasteiger partial charge on any atom is -0.344 e. The van der Waals surface area contributed by atoms with Crippen molar-refractivity contribution in [3.05, 3.63) is 39.0 Å². The SMILES string of the molecule is CC(C)n1cc(Br)cc1C(=O)NCc1nccs1. The molecule has 96 valence electrons. The van der Waals surface area contributed by atoms with Gasteiger partial charge in [-0.15, -0.1) is 11.3 Å². The molecule has 1 N–H and O–H groups in total. The Labute approximate surface area is 118 Å². The van der Waals surface area contributed by atoms with E-state index in [4.69, 9.17) is 0 Å². The van der Waals surface area contributed by atoms with Crippen LogP contribution in [0.25, 0.3) is 0 Å². The second-order valence-corrected chi connectivity index (χ2v) is 6.05. The third kappa shape index (κ3) is 3.00. The molecule has 2 heterocycles. The molecule has 0 bridgehead atoms. The van der Waals surface area contributed by atoms with Crippen LogP contribution in [-0.2, 0) is 6.54 Å². The number of carbonyl (C=O) groups excluding carboxylic acids is 1. The van der Waals surface area contributed by atoms with Crippen molar-refractivity contribution in [1.29, 1.82) is 0 Å². The van der Waals surface area contributed by atoms with Gasteiger partial charge in [-0.25, -0.2) is 4.98 Å². The molecule has 0 radical (unpaired) electrons. The zero-order valence-electron chi connectivity index (χ0n) is 10.2. The van der Waals surface area contributed by atoms with Gasteiger partial charge < -0.3 is 9.88 Å². The second kappa shape index (κ2) is 5.67. The van der Waals surface area contributed by atoms with Crippen molar-refractivity contribution in [1.82, 2.24) is 14.9 Å². The van der Waals surface area contributed by atoms with Crippen molar-refractivity contribution in [2.75, 3.05) is 0 Å². The van der Waals surface area contributed by atoms with Gasteiger partial charge in [0.25, 0.3) is 5.91 Å². The van der Waals surface area contributed by atoms with Gasteiger partial charge in [0.1, 0.15) is 10.7 Å². The number of rotatable bonds is 4. The van der Waals surface area contributed by atoms with Gasteiger partial charge in [0.2, 0.25) is 0 Å². The summed E-state index contributed by atoms with van der Waals surface area (Å²) in [6, 6.07) is 2.08. The Morgan fingerprint density at radius 1 is 1.61 bits per heavy atom. The van der Waals surface area contributed by atoms with Crippen LogP contribution < -0.4 is 5.32 Å². The third-order valence-electron chi connectivity index (χ3n) is 2.49.